The summed E-state index contributed by atoms with van der Waals surface area (Å²) in [7, 11) is 1.77. The zero-order valence-corrected chi connectivity index (χ0v) is 14.4. The van der Waals surface area contributed by atoms with Gasteiger partial charge in [-0.05, 0) is 50.8 Å². The number of amides is 1. The molecule has 1 amide bonds. The van der Waals surface area contributed by atoms with Gasteiger partial charge in [0.15, 0.2) is 0 Å². The highest BCUT2D eigenvalue weighted by Gasteiger charge is 2.43. The number of benzene rings is 1. The second kappa shape index (κ2) is 7.02. The fraction of sp³-hybridized carbons (Fsp3) is 0.632. The molecule has 2 aliphatic heterocycles. The van der Waals surface area contributed by atoms with Crippen LogP contribution in [0.1, 0.15) is 41.6 Å². The van der Waals surface area contributed by atoms with Crippen molar-refractivity contribution in [3.05, 3.63) is 35.4 Å². The minimum absolute atomic E-state index is 0.194. The Bertz CT molecular complexity index is 550. The van der Waals surface area contributed by atoms with Gasteiger partial charge in [0.2, 0.25) is 0 Å². The van der Waals surface area contributed by atoms with Gasteiger partial charge in [0, 0.05) is 37.8 Å². The molecule has 0 unspecified atom stereocenters. The van der Waals surface area contributed by atoms with E-state index in [-0.39, 0.29) is 5.91 Å². The van der Waals surface area contributed by atoms with Gasteiger partial charge in [-0.3, -0.25) is 9.69 Å². The van der Waals surface area contributed by atoms with Crippen LogP contribution in [0.25, 0.3) is 0 Å². The number of aryl methyl sites for hydroxylation is 1. The lowest BCUT2D eigenvalue weighted by atomic mass is 9.84. The molecule has 3 rings (SSSR count). The topological polar surface area (TPSA) is 32.8 Å². The Balaban J connectivity index is 1.64. The van der Waals surface area contributed by atoms with Crippen LogP contribution in [0.4, 0.5) is 0 Å². The van der Waals surface area contributed by atoms with Gasteiger partial charge in [0.25, 0.3) is 5.91 Å². The summed E-state index contributed by atoms with van der Waals surface area (Å²) >= 11 is 0. The molecule has 0 saturated carbocycles. The average Bonchev–Trinajstić information content (AvgIpc) is 2.95. The minimum Gasteiger partial charge on any atom is -0.383 e. The van der Waals surface area contributed by atoms with Crippen molar-refractivity contribution >= 4 is 5.91 Å². The van der Waals surface area contributed by atoms with Crippen LogP contribution >= 0.6 is 0 Å². The molecule has 0 bridgehead atoms. The largest absolute Gasteiger partial charge is 0.383 e. The van der Waals surface area contributed by atoms with Gasteiger partial charge >= 0.3 is 0 Å². The van der Waals surface area contributed by atoms with Crippen molar-refractivity contribution in [3.63, 3.8) is 0 Å². The Labute approximate surface area is 139 Å². The summed E-state index contributed by atoms with van der Waals surface area (Å²) in [6.07, 6.45) is 4.72. The van der Waals surface area contributed by atoms with Gasteiger partial charge in [-0.15, -0.1) is 0 Å². The van der Waals surface area contributed by atoms with Crippen molar-refractivity contribution in [3.8, 4) is 0 Å². The molecule has 1 spiro atoms. The van der Waals surface area contributed by atoms with E-state index in [4.69, 9.17) is 4.74 Å². The Hall–Kier alpha value is -1.39. The predicted molar refractivity (Wildman–Crippen MR) is 91.7 cm³/mol. The van der Waals surface area contributed by atoms with Gasteiger partial charge in [-0.25, -0.2) is 0 Å². The number of hydrogen-bond donors (Lipinski definition) is 0. The number of piperidine rings is 1. The highest BCUT2D eigenvalue weighted by atomic mass is 16.5. The Morgan fingerprint density at radius 1 is 1.17 bits per heavy atom. The van der Waals surface area contributed by atoms with Crippen LogP contribution in [0.2, 0.25) is 0 Å². The van der Waals surface area contributed by atoms with Crippen LogP contribution < -0.4 is 0 Å². The quantitative estimate of drug-likeness (QED) is 0.856. The van der Waals surface area contributed by atoms with Crippen LogP contribution in [-0.2, 0) is 4.74 Å². The molecule has 2 aliphatic rings. The van der Waals surface area contributed by atoms with E-state index in [0.29, 0.717) is 5.54 Å². The molecular weight excluding hydrogens is 288 g/mol. The van der Waals surface area contributed by atoms with Gasteiger partial charge < -0.3 is 9.64 Å². The summed E-state index contributed by atoms with van der Waals surface area (Å²) in [5.41, 5.74) is 2.23. The SMILES string of the molecule is COCCN1CCCC12CCN(C(=O)c1ccccc1C)CC2. The number of nitrogens with zero attached hydrogens (tertiary/aromatic N) is 2. The number of likely N-dealkylation sites (tertiary alicyclic amines) is 2. The van der Waals surface area contributed by atoms with Crippen LogP contribution in [0, 0.1) is 6.92 Å². The van der Waals surface area contributed by atoms with E-state index in [1.807, 2.05) is 36.1 Å². The molecule has 0 aromatic heterocycles. The first-order valence-corrected chi connectivity index (χ1v) is 8.75. The smallest absolute Gasteiger partial charge is 0.254 e. The van der Waals surface area contributed by atoms with Crippen molar-refractivity contribution in [2.24, 2.45) is 0 Å². The number of methoxy groups -OCH3 is 1. The summed E-state index contributed by atoms with van der Waals surface area (Å²) in [5, 5.41) is 0. The summed E-state index contributed by atoms with van der Waals surface area (Å²) in [5.74, 6) is 0.194. The van der Waals surface area contributed by atoms with Crippen molar-refractivity contribution in [2.75, 3.05) is 39.9 Å². The van der Waals surface area contributed by atoms with Gasteiger partial charge in [-0.2, -0.15) is 0 Å². The van der Waals surface area contributed by atoms with Crippen LogP contribution in [-0.4, -0.2) is 61.1 Å². The maximum atomic E-state index is 12.8. The molecule has 0 N–H and O–H groups in total. The fourth-order valence-electron chi connectivity index (χ4n) is 4.22. The van der Waals surface area contributed by atoms with Gasteiger partial charge in [0.1, 0.15) is 0 Å². The van der Waals surface area contributed by atoms with Crippen molar-refractivity contribution in [2.45, 2.75) is 38.1 Å². The maximum absolute atomic E-state index is 12.8. The molecule has 0 aliphatic carbocycles. The molecule has 2 saturated heterocycles. The Kier molecular flexibility index (Phi) is 5.02. The summed E-state index contributed by atoms with van der Waals surface area (Å²) < 4.78 is 5.26. The second-order valence-corrected chi connectivity index (χ2v) is 6.91. The third-order valence-corrected chi connectivity index (χ3v) is 5.66. The summed E-state index contributed by atoms with van der Waals surface area (Å²) in [6, 6.07) is 7.91. The molecule has 0 atom stereocenters. The van der Waals surface area contributed by atoms with Crippen LogP contribution in [0.3, 0.4) is 0 Å². The number of rotatable bonds is 4. The first-order chi connectivity index (χ1) is 11.2. The standard InChI is InChI=1S/C19H28N2O2/c1-16-6-3-4-7-17(16)18(22)20-12-9-19(10-13-20)8-5-11-21(19)14-15-23-2/h3-4,6-7H,5,8-15H2,1-2H3. The molecular formula is C19H28N2O2. The summed E-state index contributed by atoms with van der Waals surface area (Å²) in [6.45, 7) is 6.75. The molecule has 2 heterocycles. The molecule has 2 fully saturated rings. The molecule has 0 radical (unpaired) electrons. The zero-order chi connectivity index (χ0) is 16.3. The van der Waals surface area contributed by atoms with E-state index in [0.717, 1.165) is 50.2 Å². The van der Waals surface area contributed by atoms with Gasteiger partial charge in [0.05, 0.1) is 6.61 Å². The third-order valence-electron chi connectivity index (χ3n) is 5.66. The van der Waals surface area contributed by atoms with E-state index in [1.165, 1.54) is 19.4 Å². The van der Waals surface area contributed by atoms with Crippen LogP contribution in [0.15, 0.2) is 24.3 Å². The van der Waals surface area contributed by atoms with E-state index in [1.54, 1.807) is 7.11 Å². The molecule has 4 nitrogen and oxygen atoms in total. The number of hydrogen-bond acceptors (Lipinski definition) is 3. The Morgan fingerprint density at radius 3 is 2.61 bits per heavy atom. The molecule has 126 valence electrons. The first-order valence-electron chi connectivity index (χ1n) is 8.75. The van der Waals surface area contributed by atoms with Crippen LogP contribution in [0.5, 0.6) is 0 Å². The van der Waals surface area contributed by atoms with E-state index >= 15 is 0 Å². The zero-order valence-electron chi connectivity index (χ0n) is 14.4. The van der Waals surface area contributed by atoms with Crippen molar-refractivity contribution in [1.29, 1.82) is 0 Å². The normalized spacial score (nSPS) is 21.0. The lowest BCUT2D eigenvalue weighted by Crippen LogP contribution is -2.53. The first kappa shape index (κ1) is 16.5. The van der Waals surface area contributed by atoms with Crippen molar-refractivity contribution in [1.82, 2.24) is 9.80 Å². The highest BCUT2D eigenvalue weighted by molar-refractivity contribution is 5.95. The van der Waals surface area contributed by atoms with E-state index < -0.39 is 0 Å². The molecule has 4 heteroatoms. The number of carbonyl (C=O) groups excluding carboxylic acids is 1. The highest BCUT2D eigenvalue weighted by Crippen LogP contribution is 2.38. The summed E-state index contributed by atoms with van der Waals surface area (Å²) in [4.78, 5) is 17.4. The van der Waals surface area contributed by atoms with Crippen molar-refractivity contribution < 1.29 is 9.53 Å². The number of carbonyl (C=O) groups is 1. The monoisotopic (exact) mass is 316 g/mol. The second-order valence-electron chi connectivity index (χ2n) is 6.91. The lowest BCUT2D eigenvalue weighted by molar-refractivity contribution is 0.0310. The number of ether oxygens (including phenoxy) is 1. The molecule has 23 heavy (non-hydrogen) atoms. The molecule has 1 aromatic carbocycles. The average molecular weight is 316 g/mol. The predicted octanol–water partition coefficient (Wildman–Crippen LogP) is 2.71. The Morgan fingerprint density at radius 2 is 1.91 bits per heavy atom. The minimum atomic E-state index is 0.194. The molecule has 1 aromatic rings. The van der Waals surface area contributed by atoms with Gasteiger partial charge in [-0.1, -0.05) is 18.2 Å². The van der Waals surface area contributed by atoms with E-state index in [2.05, 4.69) is 4.90 Å². The maximum Gasteiger partial charge on any atom is 0.254 e. The fourth-order valence-corrected chi connectivity index (χ4v) is 4.22. The van der Waals surface area contributed by atoms with E-state index in [9.17, 15) is 4.79 Å². The third kappa shape index (κ3) is 3.29. The lowest BCUT2D eigenvalue weighted by Gasteiger charge is -2.45.